The number of hydrogen-bond acceptors (Lipinski definition) is 4. The van der Waals surface area contributed by atoms with Crippen LogP contribution in [0, 0.1) is 0 Å². The molecule has 0 aliphatic rings. The van der Waals surface area contributed by atoms with Crippen molar-refractivity contribution in [3.8, 4) is 11.4 Å². The molecule has 20 heavy (non-hydrogen) atoms. The highest BCUT2D eigenvalue weighted by molar-refractivity contribution is 5.94. The Balaban J connectivity index is 2.27. The van der Waals surface area contributed by atoms with Gasteiger partial charge in [-0.2, -0.15) is 4.98 Å². The highest BCUT2D eigenvalue weighted by Gasteiger charge is 2.28. The highest BCUT2D eigenvalue weighted by Crippen LogP contribution is 2.20. The molecule has 0 saturated heterocycles. The van der Waals surface area contributed by atoms with E-state index in [4.69, 9.17) is 4.74 Å². The number of imidazole rings is 1. The number of carbonyl (C=O) groups excluding carboxylic acids is 1. The van der Waals surface area contributed by atoms with Gasteiger partial charge in [0.15, 0.2) is 0 Å². The van der Waals surface area contributed by atoms with Gasteiger partial charge < -0.3 is 4.74 Å². The zero-order valence-electron chi connectivity index (χ0n) is 11.2. The van der Waals surface area contributed by atoms with Crippen molar-refractivity contribution in [1.29, 1.82) is 0 Å². The van der Waals surface area contributed by atoms with Gasteiger partial charge in [0.1, 0.15) is 6.54 Å². The Morgan fingerprint density at radius 1 is 1.40 bits per heavy atom. The van der Waals surface area contributed by atoms with Crippen LogP contribution in [0.4, 0.5) is 0 Å². The van der Waals surface area contributed by atoms with Gasteiger partial charge in [0.2, 0.25) is 5.69 Å². The normalized spacial score (nSPS) is 10.9. The average Bonchev–Trinajstić information content (AvgIpc) is 3.05. The number of aromatic amines is 1. The van der Waals surface area contributed by atoms with Crippen LogP contribution in [-0.4, -0.2) is 32.9 Å². The Bertz CT molecular complexity index is 760. The van der Waals surface area contributed by atoms with Crippen molar-refractivity contribution in [1.82, 2.24) is 19.8 Å². The van der Waals surface area contributed by atoms with Crippen LogP contribution in [0.5, 0.6) is 0 Å². The van der Waals surface area contributed by atoms with Gasteiger partial charge in [0.05, 0.1) is 7.11 Å². The summed E-state index contributed by atoms with van der Waals surface area (Å²) in [6.07, 6.45) is 0. The summed E-state index contributed by atoms with van der Waals surface area (Å²) in [6, 6.07) is 9.60. The van der Waals surface area contributed by atoms with E-state index < -0.39 is 5.97 Å². The number of tetrazole rings is 1. The molecule has 0 amide bonds. The SMILES string of the molecule is CC[n+]1nc2c(C(=O)OC)nc(-c3ccccc3)n2[nH]1. The smallest absolute Gasteiger partial charge is 0.363 e. The zero-order valence-corrected chi connectivity index (χ0v) is 11.2. The predicted octanol–water partition coefficient (Wildman–Crippen LogP) is 0.818. The zero-order chi connectivity index (χ0) is 14.1. The van der Waals surface area contributed by atoms with Gasteiger partial charge in [-0.05, 0) is 24.2 Å². The number of esters is 1. The number of aromatic nitrogens is 5. The van der Waals surface area contributed by atoms with Crippen LogP contribution in [0.15, 0.2) is 30.3 Å². The third kappa shape index (κ3) is 1.83. The Morgan fingerprint density at radius 2 is 2.15 bits per heavy atom. The van der Waals surface area contributed by atoms with E-state index in [0.29, 0.717) is 18.0 Å². The molecule has 0 spiro atoms. The topological polar surface area (TPSA) is 76.2 Å². The summed E-state index contributed by atoms with van der Waals surface area (Å²) in [4.78, 5) is 17.8. The maximum Gasteiger partial charge on any atom is 0.363 e. The van der Waals surface area contributed by atoms with Gasteiger partial charge >= 0.3 is 11.6 Å². The lowest BCUT2D eigenvalue weighted by Crippen LogP contribution is -2.38. The maximum atomic E-state index is 11.8. The molecule has 7 nitrogen and oxygen atoms in total. The summed E-state index contributed by atoms with van der Waals surface area (Å²) in [5, 5.41) is 7.37. The van der Waals surface area contributed by atoms with Gasteiger partial charge in [0, 0.05) is 5.56 Å². The fourth-order valence-electron chi connectivity index (χ4n) is 2.01. The molecule has 1 aromatic carbocycles. The van der Waals surface area contributed by atoms with Crippen LogP contribution in [0.1, 0.15) is 17.4 Å². The van der Waals surface area contributed by atoms with Gasteiger partial charge in [0.25, 0.3) is 5.82 Å². The van der Waals surface area contributed by atoms with E-state index >= 15 is 0 Å². The summed E-state index contributed by atoms with van der Waals surface area (Å²) in [5.41, 5.74) is 1.55. The molecular weight excluding hydrogens is 258 g/mol. The minimum atomic E-state index is -0.501. The van der Waals surface area contributed by atoms with Crippen molar-refractivity contribution in [2.45, 2.75) is 13.5 Å². The first-order valence-corrected chi connectivity index (χ1v) is 6.27. The third-order valence-corrected chi connectivity index (χ3v) is 2.99. The standard InChI is InChI=1S/C13H13N5O2/c1-3-17-15-12-10(13(19)20-2)14-11(18(12)16-17)9-7-5-4-6-8-9/h4-8H,3H2,1-2H3/p+1. The summed E-state index contributed by atoms with van der Waals surface area (Å²) in [5.74, 6) is 0.125. The molecule has 0 atom stereocenters. The van der Waals surface area contributed by atoms with E-state index in [1.807, 2.05) is 37.3 Å². The minimum Gasteiger partial charge on any atom is -0.464 e. The molecule has 102 valence electrons. The average molecular weight is 272 g/mol. The second kappa shape index (κ2) is 4.76. The quantitative estimate of drug-likeness (QED) is 0.565. The second-order valence-corrected chi connectivity index (χ2v) is 4.22. The lowest BCUT2D eigenvalue weighted by atomic mass is 10.2. The van der Waals surface area contributed by atoms with Crippen molar-refractivity contribution in [3.05, 3.63) is 36.0 Å². The Hall–Kier alpha value is -2.70. The van der Waals surface area contributed by atoms with Gasteiger partial charge in [-0.3, -0.25) is 0 Å². The molecule has 2 heterocycles. The lowest BCUT2D eigenvalue weighted by molar-refractivity contribution is -0.802. The number of methoxy groups -OCH3 is 1. The minimum absolute atomic E-state index is 0.204. The number of benzene rings is 1. The fraction of sp³-hybridized carbons (Fsp3) is 0.231. The van der Waals surface area contributed by atoms with Gasteiger partial charge in [-0.15, -0.1) is 0 Å². The van der Waals surface area contributed by atoms with Crippen molar-refractivity contribution >= 4 is 11.6 Å². The fourth-order valence-corrected chi connectivity index (χ4v) is 2.01. The summed E-state index contributed by atoms with van der Waals surface area (Å²) in [7, 11) is 1.33. The van der Waals surface area contributed by atoms with Crippen LogP contribution >= 0.6 is 0 Å². The number of fused-ring (bicyclic) bond motifs is 1. The van der Waals surface area contributed by atoms with Crippen molar-refractivity contribution in [2.24, 2.45) is 0 Å². The molecular formula is C13H14N5O2+. The maximum absolute atomic E-state index is 11.8. The van der Waals surface area contributed by atoms with Crippen LogP contribution in [0.25, 0.3) is 17.0 Å². The van der Waals surface area contributed by atoms with Crippen LogP contribution in [0.3, 0.4) is 0 Å². The molecule has 3 rings (SSSR count). The number of hydrogen-bond donors (Lipinski definition) is 1. The van der Waals surface area contributed by atoms with E-state index in [-0.39, 0.29) is 5.69 Å². The molecule has 0 fully saturated rings. The summed E-state index contributed by atoms with van der Waals surface area (Å²) < 4.78 is 6.44. The summed E-state index contributed by atoms with van der Waals surface area (Å²) >= 11 is 0. The van der Waals surface area contributed by atoms with Crippen molar-refractivity contribution in [3.63, 3.8) is 0 Å². The molecule has 0 unspecified atom stereocenters. The molecule has 7 heteroatoms. The van der Waals surface area contributed by atoms with E-state index in [0.717, 1.165) is 5.56 Å². The van der Waals surface area contributed by atoms with E-state index in [2.05, 4.69) is 15.3 Å². The van der Waals surface area contributed by atoms with E-state index in [1.165, 1.54) is 7.11 Å². The number of ether oxygens (including phenoxy) is 1. The Morgan fingerprint density at radius 3 is 2.80 bits per heavy atom. The van der Waals surface area contributed by atoms with Crippen molar-refractivity contribution in [2.75, 3.05) is 7.11 Å². The number of nitrogens with zero attached hydrogens (tertiary/aromatic N) is 4. The number of rotatable bonds is 3. The molecule has 0 radical (unpaired) electrons. The number of H-pyrrole nitrogens is 1. The first-order chi connectivity index (χ1) is 9.74. The largest absolute Gasteiger partial charge is 0.464 e. The highest BCUT2D eigenvalue weighted by atomic mass is 16.5. The molecule has 2 aromatic heterocycles. The molecule has 0 saturated carbocycles. The van der Waals surface area contributed by atoms with Crippen LogP contribution in [0.2, 0.25) is 0 Å². The van der Waals surface area contributed by atoms with E-state index in [1.54, 1.807) is 9.31 Å². The van der Waals surface area contributed by atoms with Gasteiger partial charge in [-0.1, -0.05) is 32.7 Å². The third-order valence-electron chi connectivity index (χ3n) is 2.99. The number of nitrogens with one attached hydrogen (secondary N) is 1. The molecule has 0 bridgehead atoms. The monoisotopic (exact) mass is 272 g/mol. The number of carbonyl (C=O) groups is 1. The van der Waals surface area contributed by atoms with E-state index in [9.17, 15) is 4.79 Å². The summed E-state index contributed by atoms with van der Waals surface area (Å²) in [6.45, 7) is 2.62. The lowest BCUT2D eigenvalue weighted by Gasteiger charge is -1.93. The first kappa shape index (κ1) is 12.3. The van der Waals surface area contributed by atoms with Crippen LogP contribution in [-0.2, 0) is 11.3 Å². The Kier molecular flexibility index (Phi) is 2.94. The molecule has 3 aromatic rings. The van der Waals surface area contributed by atoms with Crippen molar-refractivity contribution < 1.29 is 14.3 Å². The Labute approximate surface area is 114 Å². The van der Waals surface area contributed by atoms with Gasteiger partial charge in [-0.25, -0.2) is 4.79 Å². The van der Waals surface area contributed by atoms with Crippen LogP contribution < -0.4 is 4.80 Å². The molecule has 0 aliphatic heterocycles. The molecule has 0 aliphatic carbocycles. The second-order valence-electron chi connectivity index (χ2n) is 4.22. The number of aryl methyl sites for hydroxylation is 1. The predicted molar refractivity (Wildman–Crippen MR) is 70.0 cm³/mol. The molecule has 1 N–H and O–H groups in total. The first-order valence-electron chi connectivity index (χ1n) is 6.27.